The van der Waals surface area contributed by atoms with Crippen LogP contribution in [0, 0.1) is 0 Å². The summed E-state index contributed by atoms with van der Waals surface area (Å²) < 4.78 is 5.97. The van der Waals surface area contributed by atoms with E-state index in [4.69, 9.17) is 16.3 Å². The van der Waals surface area contributed by atoms with Crippen LogP contribution in [0.1, 0.15) is 52.5 Å². The van der Waals surface area contributed by atoms with Crippen molar-refractivity contribution < 1.29 is 9.53 Å². The molecule has 0 bridgehead atoms. The molecule has 0 fully saturated rings. The van der Waals surface area contributed by atoms with E-state index in [0.29, 0.717) is 17.4 Å². The highest BCUT2D eigenvalue weighted by molar-refractivity contribution is 7.15. The molecule has 1 aromatic heterocycles. The Bertz CT molecular complexity index is 481. The highest BCUT2D eigenvalue weighted by Crippen LogP contribution is 2.20. The van der Waals surface area contributed by atoms with E-state index in [0.717, 1.165) is 17.8 Å². The predicted octanol–water partition coefficient (Wildman–Crippen LogP) is 3.97. The third-order valence-electron chi connectivity index (χ3n) is 3.46. The maximum absolute atomic E-state index is 11.8. The Balaban J connectivity index is 2.56. The molecule has 0 aliphatic carbocycles. The summed E-state index contributed by atoms with van der Waals surface area (Å²) in [6.07, 6.45) is 3.04. The van der Waals surface area contributed by atoms with Crippen LogP contribution < -0.4 is 10.6 Å². The van der Waals surface area contributed by atoms with Crippen LogP contribution in [0.3, 0.4) is 0 Å². The van der Waals surface area contributed by atoms with Crippen LogP contribution in [0.4, 0.5) is 4.79 Å². The summed E-state index contributed by atoms with van der Waals surface area (Å²) in [6.45, 7) is 10.9. The molecule has 22 heavy (non-hydrogen) atoms. The molecule has 0 atom stereocenters. The van der Waals surface area contributed by atoms with Crippen molar-refractivity contribution in [2.45, 2.75) is 65.1 Å². The molecule has 5 nitrogen and oxygen atoms in total. The van der Waals surface area contributed by atoms with Crippen LogP contribution in [-0.4, -0.2) is 28.8 Å². The van der Waals surface area contributed by atoms with E-state index in [1.54, 1.807) is 6.20 Å². The van der Waals surface area contributed by atoms with Crippen molar-refractivity contribution >= 4 is 29.0 Å². The molecule has 0 saturated carbocycles. The number of alkyl carbamates (subject to hydrolysis) is 1. The quantitative estimate of drug-likeness (QED) is 0.783. The minimum atomic E-state index is -0.490. The Kier molecular flexibility index (Phi) is 7.09. The van der Waals surface area contributed by atoms with Gasteiger partial charge < -0.3 is 15.4 Å². The molecule has 0 aliphatic rings. The maximum atomic E-state index is 11.8. The first-order chi connectivity index (χ1) is 10.2. The van der Waals surface area contributed by atoms with Gasteiger partial charge in [0.15, 0.2) is 0 Å². The Hall–Kier alpha value is -0.850. The monoisotopic (exact) mass is 347 g/mol. The average molecular weight is 348 g/mol. The lowest BCUT2D eigenvalue weighted by Gasteiger charge is -2.33. The van der Waals surface area contributed by atoms with E-state index in [-0.39, 0.29) is 5.54 Å². The maximum Gasteiger partial charge on any atom is 0.407 e. The van der Waals surface area contributed by atoms with E-state index >= 15 is 0 Å². The topological polar surface area (TPSA) is 63.2 Å². The van der Waals surface area contributed by atoms with Crippen molar-refractivity contribution in [1.82, 2.24) is 15.6 Å². The molecule has 126 valence electrons. The average Bonchev–Trinajstić information content (AvgIpc) is 2.84. The minimum Gasteiger partial charge on any atom is -0.444 e. The predicted molar refractivity (Wildman–Crippen MR) is 91.5 cm³/mol. The largest absolute Gasteiger partial charge is 0.444 e. The summed E-state index contributed by atoms with van der Waals surface area (Å²) in [7, 11) is 0. The van der Waals surface area contributed by atoms with Gasteiger partial charge in [0, 0.05) is 18.6 Å². The second kappa shape index (κ2) is 8.13. The Morgan fingerprint density at radius 1 is 1.36 bits per heavy atom. The van der Waals surface area contributed by atoms with E-state index in [9.17, 15) is 4.79 Å². The Labute approximate surface area is 141 Å². The smallest absolute Gasteiger partial charge is 0.407 e. The van der Waals surface area contributed by atoms with Crippen LogP contribution in [0.15, 0.2) is 6.20 Å². The van der Waals surface area contributed by atoms with Gasteiger partial charge in [0.05, 0.1) is 6.20 Å². The van der Waals surface area contributed by atoms with E-state index in [2.05, 4.69) is 29.5 Å². The van der Waals surface area contributed by atoms with Crippen LogP contribution in [0.5, 0.6) is 0 Å². The molecule has 7 heteroatoms. The van der Waals surface area contributed by atoms with E-state index in [1.807, 2.05) is 20.8 Å². The second-order valence-corrected chi connectivity index (χ2v) is 8.00. The SMILES string of the molecule is CCC(CC)(CNC(=O)OC(C)(C)C)NCc1ncc(Cl)s1. The lowest BCUT2D eigenvalue weighted by atomic mass is 9.92. The molecule has 0 spiro atoms. The summed E-state index contributed by atoms with van der Waals surface area (Å²) in [5.74, 6) is 0. The number of rotatable bonds is 7. The highest BCUT2D eigenvalue weighted by atomic mass is 35.5. The number of amides is 1. The first-order valence-corrected chi connectivity index (χ1v) is 8.71. The normalized spacial score (nSPS) is 12.3. The van der Waals surface area contributed by atoms with Crippen molar-refractivity contribution in [3.8, 4) is 0 Å². The number of ether oxygens (including phenoxy) is 1. The minimum absolute atomic E-state index is 0.185. The molecule has 0 aromatic carbocycles. The molecule has 1 rings (SSSR count). The lowest BCUT2D eigenvalue weighted by Crippen LogP contribution is -2.53. The van der Waals surface area contributed by atoms with Gasteiger partial charge in [-0.2, -0.15) is 0 Å². The van der Waals surface area contributed by atoms with Gasteiger partial charge in [0.1, 0.15) is 14.9 Å². The summed E-state index contributed by atoms with van der Waals surface area (Å²) in [5, 5.41) is 7.29. The summed E-state index contributed by atoms with van der Waals surface area (Å²) >= 11 is 7.36. The van der Waals surface area contributed by atoms with Gasteiger partial charge in [-0.25, -0.2) is 9.78 Å². The number of thiazole rings is 1. The zero-order valence-electron chi connectivity index (χ0n) is 14.0. The van der Waals surface area contributed by atoms with Gasteiger partial charge >= 0.3 is 6.09 Å². The molecule has 0 aliphatic heterocycles. The molecule has 1 aromatic rings. The number of aromatic nitrogens is 1. The summed E-state index contributed by atoms with van der Waals surface area (Å²) in [5.41, 5.74) is -0.675. The van der Waals surface area contributed by atoms with Gasteiger partial charge in [-0.3, -0.25) is 0 Å². The summed E-state index contributed by atoms with van der Waals surface area (Å²) in [4.78, 5) is 16.1. The van der Waals surface area contributed by atoms with Crippen molar-refractivity contribution in [3.63, 3.8) is 0 Å². The van der Waals surface area contributed by atoms with Crippen LogP contribution in [-0.2, 0) is 11.3 Å². The third kappa shape index (κ3) is 6.50. The van der Waals surface area contributed by atoms with E-state index < -0.39 is 11.7 Å². The molecular weight excluding hydrogens is 322 g/mol. The van der Waals surface area contributed by atoms with Crippen LogP contribution in [0.2, 0.25) is 4.34 Å². The van der Waals surface area contributed by atoms with Gasteiger partial charge in [-0.05, 0) is 33.6 Å². The summed E-state index contributed by atoms with van der Waals surface area (Å²) in [6, 6.07) is 0. The van der Waals surface area contributed by atoms with Gasteiger partial charge in [-0.15, -0.1) is 11.3 Å². The van der Waals surface area contributed by atoms with Gasteiger partial charge in [0.2, 0.25) is 0 Å². The fraction of sp³-hybridized carbons (Fsp3) is 0.733. The Morgan fingerprint density at radius 3 is 2.45 bits per heavy atom. The standard InChI is InChI=1S/C15H26ClN3O2S/c1-6-15(7-2,10-18-13(20)21-14(3,4)5)19-9-12-17-8-11(16)22-12/h8,19H,6-7,9-10H2,1-5H3,(H,18,20). The number of hydrogen-bond acceptors (Lipinski definition) is 5. The number of carbonyl (C=O) groups excluding carboxylic acids is 1. The van der Waals surface area contributed by atoms with Crippen LogP contribution >= 0.6 is 22.9 Å². The first-order valence-electron chi connectivity index (χ1n) is 7.52. The fourth-order valence-corrected chi connectivity index (χ4v) is 2.90. The van der Waals surface area contributed by atoms with Gasteiger partial charge in [0.25, 0.3) is 0 Å². The molecule has 1 amide bonds. The highest BCUT2D eigenvalue weighted by Gasteiger charge is 2.27. The number of nitrogens with one attached hydrogen (secondary N) is 2. The molecule has 1 heterocycles. The van der Waals surface area contributed by atoms with Gasteiger partial charge in [-0.1, -0.05) is 25.4 Å². The van der Waals surface area contributed by atoms with Crippen molar-refractivity contribution in [3.05, 3.63) is 15.5 Å². The Morgan fingerprint density at radius 2 is 2.00 bits per heavy atom. The number of hydrogen-bond donors (Lipinski definition) is 2. The molecule has 0 saturated heterocycles. The number of carbonyl (C=O) groups is 1. The molecule has 0 radical (unpaired) electrons. The molecular formula is C15H26ClN3O2S. The van der Waals surface area contributed by atoms with E-state index in [1.165, 1.54) is 11.3 Å². The lowest BCUT2D eigenvalue weighted by molar-refractivity contribution is 0.0507. The molecule has 0 unspecified atom stereocenters. The first kappa shape index (κ1) is 19.2. The number of nitrogens with zero attached hydrogens (tertiary/aromatic N) is 1. The van der Waals surface area contributed by atoms with Crippen molar-refractivity contribution in [1.29, 1.82) is 0 Å². The van der Waals surface area contributed by atoms with Crippen molar-refractivity contribution in [2.24, 2.45) is 0 Å². The zero-order valence-corrected chi connectivity index (χ0v) is 15.5. The zero-order chi connectivity index (χ0) is 16.8. The molecule has 2 N–H and O–H groups in total. The van der Waals surface area contributed by atoms with Crippen LogP contribution in [0.25, 0.3) is 0 Å². The number of halogens is 1. The second-order valence-electron chi connectivity index (χ2n) is 6.25. The fourth-order valence-electron chi connectivity index (χ4n) is 2.00. The van der Waals surface area contributed by atoms with Crippen molar-refractivity contribution in [2.75, 3.05) is 6.54 Å². The third-order valence-corrected chi connectivity index (χ3v) is 4.58.